The fourth-order valence-corrected chi connectivity index (χ4v) is 5.80. The summed E-state index contributed by atoms with van der Waals surface area (Å²) in [7, 11) is 1.77. The van der Waals surface area contributed by atoms with Crippen LogP contribution in [-0.2, 0) is 21.3 Å². The molecular formula is C35H45N9O6. The summed E-state index contributed by atoms with van der Waals surface area (Å²) in [6.45, 7) is 13.9. The third kappa shape index (κ3) is 8.09. The maximum Gasteiger partial charge on any atom is 0.510 e. The Labute approximate surface area is 291 Å². The molecule has 0 radical (unpaired) electrons. The number of amides is 2. The molecule has 1 aliphatic rings. The minimum atomic E-state index is -0.830. The molecule has 1 saturated heterocycles. The third-order valence-corrected chi connectivity index (χ3v) is 8.14. The summed E-state index contributed by atoms with van der Waals surface area (Å²) < 4.78 is 17.7. The van der Waals surface area contributed by atoms with Gasteiger partial charge in [0.05, 0.1) is 18.8 Å². The first-order chi connectivity index (χ1) is 23.8. The van der Waals surface area contributed by atoms with Gasteiger partial charge >= 0.3 is 12.2 Å². The van der Waals surface area contributed by atoms with Gasteiger partial charge in [0.1, 0.15) is 17.1 Å². The summed E-state index contributed by atoms with van der Waals surface area (Å²) in [5.41, 5.74) is 2.76. The molecule has 15 heteroatoms. The fourth-order valence-electron chi connectivity index (χ4n) is 5.80. The lowest BCUT2D eigenvalue weighted by Crippen LogP contribution is -2.53. The number of nitrogens with zero attached hydrogens (tertiary/aromatic N) is 9. The molecule has 0 bridgehead atoms. The van der Waals surface area contributed by atoms with Gasteiger partial charge in [-0.15, -0.1) is 15.0 Å². The number of benzene rings is 1. The SMILES string of the molecule is CCOC(=O)OC(C(C)C)n1nnc(-c2c(-c3ccc(C(=O)N(c4ncccc4C)C4CCCN(C(=O)OC(C)(C)C)C4)cc3)cnn2C)n1. The number of likely N-dealkylation sites (tertiary alicyclic amines) is 1. The van der Waals surface area contributed by atoms with E-state index in [1.165, 1.54) is 4.80 Å². The second-order valence-corrected chi connectivity index (χ2v) is 13.5. The van der Waals surface area contributed by atoms with Crippen molar-refractivity contribution in [2.45, 2.75) is 79.2 Å². The fraction of sp³-hybridized carbons (Fsp3) is 0.486. The molecule has 15 nitrogen and oxygen atoms in total. The summed E-state index contributed by atoms with van der Waals surface area (Å²) in [5.74, 6) is 0.433. The van der Waals surface area contributed by atoms with Crippen LogP contribution in [0, 0.1) is 12.8 Å². The van der Waals surface area contributed by atoms with Crippen LogP contribution in [0.1, 0.15) is 76.5 Å². The van der Waals surface area contributed by atoms with E-state index in [4.69, 9.17) is 14.2 Å². The van der Waals surface area contributed by atoms with E-state index >= 15 is 0 Å². The molecule has 0 spiro atoms. The quantitative estimate of drug-likeness (QED) is 0.195. The maximum atomic E-state index is 14.3. The largest absolute Gasteiger partial charge is 0.510 e. The number of aryl methyl sites for hydroxylation is 2. The van der Waals surface area contributed by atoms with E-state index in [0.717, 1.165) is 16.7 Å². The van der Waals surface area contributed by atoms with Crippen LogP contribution >= 0.6 is 0 Å². The number of tetrazole rings is 1. The highest BCUT2D eigenvalue weighted by Gasteiger charge is 2.35. The highest BCUT2D eigenvalue weighted by Crippen LogP contribution is 2.32. The van der Waals surface area contributed by atoms with Gasteiger partial charge in [0, 0.05) is 43.4 Å². The van der Waals surface area contributed by atoms with Crippen molar-refractivity contribution in [2.75, 3.05) is 24.6 Å². The molecular weight excluding hydrogens is 642 g/mol. The molecule has 4 heterocycles. The van der Waals surface area contributed by atoms with Crippen LogP contribution in [-0.4, -0.2) is 89.4 Å². The minimum Gasteiger partial charge on any atom is -0.444 e. The Morgan fingerprint density at radius 3 is 2.50 bits per heavy atom. The molecule has 2 amide bonds. The Hall–Kier alpha value is -5.34. The number of aromatic nitrogens is 7. The molecule has 0 saturated carbocycles. The van der Waals surface area contributed by atoms with Crippen molar-refractivity contribution in [3.8, 4) is 22.6 Å². The van der Waals surface area contributed by atoms with E-state index in [0.29, 0.717) is 43.0 Å². The Kier molecular flexibility index (Phi) is 10.8. The van der Waals surface area contributed by atoms with Crippen LogP contribution in [0.25, 0.3) is 22.6 Å². The molecule has 50 heavy (non-hydrogen) atoms. The van der Waals surface area contributed by atoms with Crippen LogP contribution < -0.4 is 4.90 Å². The second kappa shape index (κ2) is 15.0. The molecule has 1 aromatic carbocycles. The predicted octanol–water partition coefficient (Wildman–Crippen LogP) is 5.82. The molecule has 1 fully saturated rings. The summed E-state index contributed by atoms with van der Waals surface area (Å²) in [4.78, 5) is 48.6. The first-order valence-corrected chi connectivity index (χ1v) is 16.8. The number of ether oxygens (including phenoxy) is 3. The zero-order chi connectivity index (χ0) is 36.2. The highest BCUT2D eigenvalue weighted by atomic mass is 16.7. The van der Waals surface area contributed by atoms with Crippen LogP contribution in [0.2, 0.25) is 0 Å². The van der Waals surface area contributed by atoms with Gasteiger partial charge in [-0.25, -0.2) is 14.6 Å². The van der Waals surface area contributed by atoms with Crippen molar-refractivity contribution in [3.05, 3.63) is 59.9 Å². The smallest absolute Gasteiger partial charge is 0.444 e. The first kappa shape index (κ1) is 36.0. The lowest BCUT2D eigenvalue weighted by atomic mass is 10.0. The van der Waals surface area contributed by atoms with E-state index in [2.05, 4.69) is 25.5 Å². The van der Waals surface area contributed by atoms with Gasteiger partial charge in [-0.05, 0) is 82.0 Å². The zero-order valence-corrected chi connectivity index (χ0v) is 29.9. The third-order valence-electron chi connectivity index (χ3n) is 8.14. The molecule has 4 aromatic rings. The number of hydrogen-bond donors (Lipinski definition) is 0. The predicted molar refractivity (Wildman–Crippen MR) is 184 cm³/mol. The average molecular weight is 688 g/mol. The van der Waals surface area contributed by atoms with E-state index in [1.54, 1.807) is 53.0 Å². The molecule has 2 atom stereocenters. The molecule has 0 aliphatic carbocycles. The number of hydrogen-bond acceptors (Lipinski definition) is 11. The number of carbonyl (C=O) groups is 3. The summed E-state index contributed by atoms with van der Waals surface area (Å²) in [6.07, 6.45) is 2.73. The molecule has 5 rings (SSSR count). The molecule has 1 aliphatic heterocycles. The van der Waals surface area contributed by atoms with Crippen LogP contribution in [0.5, 0.6) is 0 Å². The van der Waals surface area contributed by atoms with Crippen LogP contribution in [0.15, 0.2) is 48.8 Å². The van der Waals surface area contributed by atoms with Gasteiger partial charge in [-0.2, -0.15) is 5.10 Å². The number of piperidine rings is 1. The van der Waals surface area contributed by atoms with Crippen molar-refractivity contribution in [2.24, 2.45) is 13.0 Å². The molecule has 2 unspecified atom stereocenters. The minimum absolute atomic E-state index is 0.166. The summed E-state index contributed by atoms with van der Waals surface area (Å²) >= 11 is 0. The van der Waals surface area contributed by atoms with Crippen molar-refractivity contribution < 1.29 is 28.6 Å². The monoisotopic (exact) mass is 687 g/mol. The normalized spacial score (nSPS) is 15.5. The van der Waals surface area contributed by atoms with Gasteiger partial charge in [0.2, 0.25) is 12.1 Å². The van der Waals surface area contributed by atoms with Gasteiger partial charge in [-0.3, -0.25) is 14.4 Å². The summed E-state index contributed by atoms with van der Waals surface area (Å²) in [5, 5.41) is 17.4. The van der Waals surface area contributed by atoms with Crippen molar-refractivity contribution in [1.82, 2.24) is 39.9 Å². The van der Waals surface area contributed by atoms with Crippen molar-refractivity contribution in [3.63, 3.8) is 0 Å². The van der Waals surface area contributed by atoms with Crippen LogP contribution in [0.4, 0.5) is 15.4 Å². The number of carbonyl (C=O) groups excluding carboxylic acids is 3. The summed E-state index contributed by atoms with van der Waals surface area (Å²) in [6, 6.07) is 10.7. The molecule has 0 N–H and O–H groups in total. The Morgan fingerprint density at radius 2 is 1.84 bits per heavy atom. The lowest BCUT2D eigenvalue weighted by molar-refractivity contribution is -0.0366. The van der Waals surface area contributed by atoms with Crippen molar-refractivity contribution in [1.29, 1.82) is 0 Å². The topological polar surface area (TPSA) is 160 Å². The van der Waals surface area contributed by atoms with Gasteiger partial charge in [0.15, 0.2) is 0 Å². The van der Waals surface area contributed by atoms with E-state index in [-0.39, 0.29) is 30.3 Å². The number of anilines is 1. The van der Waals surface area contributed by atoms with E-state index < -0.39 is 24.1 Å². The molecule has 3 aromatic heterocycles. The maximum absolute atomic E-state index is 14.3. The van der Waals surface area contributed by atoms with Crippen LogP contribution in [0.3, 0.4) is 0 Å². The average Bonchev–Trinajstić information content (AvgIpc) is 3.70. The van der Waals surface area contributed by atoms with Crippen molar-refractivity contribution >= 4 is 24.0 Å². The van der Waals surface area contributed by atoms with Gasteiger partial charge < -0.3 is 19.1 Å². The van der Waals surface area contributed by atoms with E-state index in [9.17, 15) is 14.4 Å². The van der Waals surface area contributed by atoms with Gasteiger partial charge in [-0.1, -0.05) is 32.0 Å². The number of rotatable bonds is 9. The first-order valence-electron chi connectivity index (χ1n) is 16.8. The van der Waals surface area contributed by atoms with Gasteiger partial charge in [0.25, 0.3) is 5.91 Å². The Bertz CT molecular complexity index is 1810. The zero-order valence-electron chi connectivity index (χ0n) is 29.9. The lowest BCUT2D eigenvalue weighted by Gasteiger charge is -2.39. The van der Waals surface area contributed by atoms with E-state index in [1.807, 2.05) is 65.8 Å². The number of pyridine rings is 1. The Morgan fingerprint density at radius 1 is 1.10 bits per heavy atom. The molecule has 266 valence electrons. The second-order valence-electron chi connectivity index (χ2n) is 13.5. The highest BCUT2D eigenvalue weighted by molar-refractivity contribution is 6.06. The standard InChI is InChI=1S/C35H45N9O6/c1-9-48-34(47)49-32(22(2)3)44-39-29(38-40-44)28-27(20-37-41(28)8)24-14-16-25(17-15-24)31(45)43(30-23(4)12-10-18-36-30)26-13-11-19-42(21-26)33(46)50-35(5,6)7/h10,12,14-18,20,22,26,32H,9,11,13,19,21H2,1-8H3. The Balaban J connectivity index is 1.42.